The highest BCUT2D eigenvalue weighted by molar-refractivity contribution is 5.19. The average Bonchev–Trinajstić information content (AvgIpc) is 2.34. The fourth-order valence-corrected chi connectivity index (χ4v) is 2.12. The second-order valence-electron chi connectivity index (χ2n) is 5.12. The first-order valence-electron chi connectivity index (χ1n) is 6.86. The molecule has 0 amide bonds. The van der Waals surface area contributed by atoms with Crippen LogP contribution in [0.5, 0.6) is 0 Å². The molecule has 0 radical (unpaired) electrons. The molecule has 0 aromatic heterocycles. The van der Waals surface area contributed by atoms with Crippen molar-refractivity contribution in [2.75, 3.05) is 6.61 Å². The molecule has 2 heteroatoms. The fraction of sp³-hybridized carbons (Fsp3) is 0.625. The third-order valence-electron chi connectivity index (χ3n) is 3.02. The molecular formula is C16H26O2. The first-order chi connectivity index (χ1) is 8.61. The Labute approximate surface area is 111 Å². The molecule has 1 aliphatic rings. The smallest absolute Gasteiger partial charge is 0.157 e. The van der Waals surface area contributed by atoms with E-state index in [1.807, 2.05) is 6.08 Å². The zero-order chi connectivity index (χ0) is 13.4. The summed E-state index contributed by atoms with van der Waals surface area (Å²) in [7, 11) is 0. The van der Waals surface area contributed by atoms with Crippen LogP contribution >= 0.6 is 0 Å². The molecule has 0 saturated carbocycles. The van der Waals surface area contributed by atoms with Crippen molar-refractivity contribution in [3.63, 3.8) is 0 Å². The molecule has 1 rings (SSSR count). The predicted octanol–water partition coefficient (Wildman–Crippen LogP) is 4.24. The number of ether oxygens (including phenoxy) is 2. The van der Waals surface area contributed by atoms with E-state index in [-0.39, 0.29) is 6.29 Å². The van der Waals surface area contributed by atoms with Gasteiger partial charge in [0.05, 0.1) is 12.7 Å². The molecule has 0 aliphatic carbocycles. The van der Waals surface area contributed by atoms with E-state index in [1.165, 1.54) is 12.0 Å². The van der Waals surface area contributed by atoms with Crippen molar-refractivity contribution >= 4 is 0 Å². The minimum Gasteiger partial charge on any atom is -0.352 e. The Hall–Kier alpha value is -0.860. The third-order valence-corrected chi connectivity index (χ3v) is 3.02. The van der Waals surface area contributed by atoms with Gasteiger partial charge in [-0.1, -0.05) is 43.4 Å². The maximum Gasteiger partial charge on any atom is 0.157 e. The number of rotatable bonds is 6. The summed E-state index contributed by atoms with van der Waals surface area (Å²) in [5, 5.41) is 0. The lowest BCUT2D eigenvalue weighted by molar-refractivity contribution is -0.192. The Bertz CT molecular complexity index is 304. The van der Waals surface area contributed by atoms with Gasteiger partial charge in [-0.15, -0.1) is 0 Å². The molecule has 2 nitrogen and oxygen atoms in total. The van der Waals surface area contributed by atoms with Crippen molar-refractivity contribution in [1.82, 2.24) is 0 Å². The Kier molecular flexibility index (Phi) is 6.99. The van der Waals surface area contributed by atoms with E-state index < -0.39 is 0 Å². The van der Waals surface area contributed by atoms with Crippen LogP contribution in [0.15, 0.2) is 36.5 Å². The highest BCUT2D eigenvalue weighted by Crippen LogP contribution is 2.20. The second-order valence-corrected chi connectivity index (χ2v) is 5.12. The monoisotopic (exact) mass is 250 g/mol. The van der Waals surface area contributed by atoms with Gasteiger partial charge in [-0.25, -0.2) is 0 Å². The Balaban J connectivity index is 2.29. The van der Waals surface area contributed by atoms with Crippen LogP contribution in [0.2, 0.25) is 0 Å². The van der Waals surface area contributed by atoms with Crippen LogP contribution in [0.1, 0.15) is 40.0 Å². The first-order valence-corrected chi connectivity index (χ1v) is 6.86. The molecule has 1 aliphatic heterocycles. The van der Waals surface area contributed by atoms with Gasteiger partial charge >= 0.3 is 0 Å². The third kappa shape index (κ3) is 6.18. The number of hydrogen-bond acceptors (Lipinski definition) is 2. The maximum absolute atomic E-state index is 5.81. The minimum absolute atomic E-state index is 0.00590. The van der Waals surface area contributed by atoms with Crippen molar-refractivity contribution in [2.24, 2.45) is 5.92 Å². The molecule has 0 bridgehead atoms. The van der Waals surface area contributed by atoms with Crippen LogP contribution < -0.4 is 0 Å². The van der Waals surface area contributed by atoms with E-state index in [0.717, 1.165) is 19.4 Å². The van der Waals surface area contributed by atoms with E-state index in [1.54, 1.807) is 6.08 Å². The summed E-state index contributed by atoms with van der Waals surface area (Å²) in [6.45, 7) is 10.8. The minimum atomic E-state index is -0.00590. The molecule has 18 heavy (non-hydrogen) atoms. The van der Waals surface area contributed by atoms with E-state index in [4.69, 9.17) is 9.47 Å². The van der Waals surface area contributed by atoms with E-state index in [0.29, 0.717) is 12.0 Å². The average molecular weight is 250 g/mol. The molecule has 0 N–H and O–H groups in total. The highest BCUT2D eigenvalue weighted by Gasteiger charge is 2.19. The molecule has 0 spiro atoms. The van der Waals surface area contributed by atoms with Gasteiger partial charge in [-0.2, -0.15) is 0 Å². The summed E-state index contributed by atoms with van der Waals surface area (Å²) >= 11 is 0. The Morgan fingerprint density at radius 2 is 2.28 bits per heavy atom. The fourth-order valence-electron chi connectivity index (χ4n) is 2.12. The van der Waals surface area contributed by atoms with Crippen molar-refractivity contribution in [3.05, 3.63) is 36.5 Å². The molecule has 102 valence electrons. The van der Waals surface area contributed by atoms with Crippen LogP contribution in [-0.4, -0.2) is 19.0 Å². The van der Waals surface area contributed by atoms with Gasteiger partial charge in [-0.05, 0) is 39.0 Å². The predicted molar refractivity (Wildman–Crippen MR) is 76.4 cm³/mol. The van der Waals surface area contributed by atoms with Gasteiger partial charge in [-0.3, -0.25) is 0 Å². The van der Waals surface area contributed by atoms with E-state index >= 15 is 0 Å². The van der Waals surface area contributed by atoms with E-state index in [2.05, 4.69) is 39.5 Å². The lowest BCUT2D eigenvalue weighted by atomic mass is 10.1. The summed E-state index contributed by atoms with van der Waals surface area (Å²) in [5.74, 6) is 0.403. The SMILES string of the molecule is C=C/C=C/C(C)=C/[C@@H](C)COC1CCCC(C)O1. The molecule has 0 aromatic rings. The maximum atomic E-state index is 5.81. The van der Waals surface area contributed by atoms with E-state index in [9.17, 15) is 0 Å². The number of allylic oxidation sites excluding steroid dienone is 4. The molecular weight excluding hydrogens is 224 g/mol. The topological polar surface area (TPSA) is 18.5 Å². The Morgan fingerprint density at radius 3 is 2.94 bits per heavy atom. The van der Waals surface area contributed by atoms with Crippen molar-refractivity contribution < 1.29 is 9.47 Å². The summed E-state index contributed by atoms with van der Waals surface area (Å²) in [6, 6.07) is 0. The van der Waals surface area contributed by atoms with Gasteiger partial charge in [0.1, 0.15) is 0 Å². The Morgan fingerprint density at radius 1 is 1.50 bits per heavy atom. The summed E-state index contributed by atoms with van der Waals surface area (Å²) in [4.78, 5) is 0. The largest absolute Gasteiger partial charge is 0.352 e. The standard InChI is InChI=1S/C16H26O2/c1-5-6-8-13(2)11-14(3)12-17-16-10-7-9-15(4)18-16/h5-6,8,11,14-16H,1,7,9-10,12H2,2-4H3/b8-6+,13-11+/t14-,15?,16?/m1/s1. The lowest BCUT2D eigenvalue weighted by Gasteiger charge is -2.28. The van der Waals surface area contributed by atoms with Gasteiger partial charge < -0.3 is 9.47 Å². The number of hydrogen-bond donors (Lipinski definition) is 0. The molecule has 2 unspecified atom stereocenters. The van der Waals surface area contributed by atoms with Gasteiger partial charge in [0.2, 0.25) is 0 Å². The zero-order valence-corrected chi connectivity index (χ0v) is 11.9. The molecule has 1 fully saturated rings. The summed E-state index contributed by atoms with van der Waals surface area (Å²) < 4.78 is 11.5. The summed E-state index contributed by atoms with van der Waals surface area (Å²) in [6.07, 6.45) is 11.7. The molecule has 0 aromatic carbocycles. The molecule has 1 saturated heterocycles. The van der Waals surface area contributed by atoms with Gasteiger partial charge in [0.25, 0.3) is 0 Å². The van der Waals surface area contributed by atoms with Crippen LogP contribution in [0.3, 0.4) is 0 Å². The van der Waals surface area contributed by atoms with Crippen LogP contribution in [0.25, 0.3) is 0 Å². The zero-order valence-electron chi connectivity index (χ0n) is 11.9. The van der Waals surface area contributed by atoms with Crippen molar-refractivity contribution in [1.29, 1.82) is 0 Å². The van der Waals surface area contributed by atoms with Crippen molar-refractivity contribution in [3.8, 4) is 0 Å². The van der Waals surface area contributed by atoms with Crippen LogP contribution in [0, 0.1) is 5.92 Å². The van der Waals surface area contributed by atoms with Crippen molar-refractivity contribution in [2.45, 2.75) is 52.4 Å². The van der Waals surface area contributed by atoms with Gasteiger partial charge in [0.15, 0.2) is 6.29 Å². The molecule has 3 atom stereocenters. The quantitative estimate of drug-likeness (QED) is 0.656. The van der Waals surface area contributed by atoms with Crippen LogP contribution in [-0.2, 0) is 9.47 Å². The van der Waals surface area contributed by atoms with Gasteiger partial charge in [0, 0.05) is 0 Å². The summed E-state index contributed by atoms with van der Waals surface area (Å²) in [5.41, 5.74) is 1.24. The highest BCUT2D eigenvalue weighted by atomic mass is 16.7. The first kappa shape index (κ1) is 15.2. The second kappa shape index (κ2) is 8.28. The lowest BCUT2D eigenvalue weighted by Crippen LogP contribution is -2.28. The normalized spacial score (nSPS) is 27.4. The van der Waals surface area contributed by atoms with Crippen LogP contribution in [0.4, 0.5) is 0 Å². The molecule has 1 heterocycles.